The molecule has 0 aliphatic heterocycles. The molecule has 2 aromatic carbocycles. The third kappa shape index (κ3) is 2.62. The molecular weight excluding hydrogens is 330 g/mol. The van der Waals surface area contributed by atoms with Crippen LogP contribution in [-0.4, -0.2) is 20.1 Å². The van der Waals surface area contributed by atoms with Gasteiger partial charge in [-0.05, 0) is 24.6 Å². The molecule has 0 amide bonds. The minimum atomic E-state index is -0.797. The number of hydrogen-bond acceptors (Lipinski definition) is 3. The van der Waals surface area contributed by atoms with E-state index in [9.17, 15) is 5.11 Å². The number of nitrogens with zero attached hydrogens (tertiary/aromatic N) is 3. The summed E-state index contributed by atoms with van der Waals surface area (Å²) in [6.45, 7) is 1.99. The molecule has 1 aromatic heterocycles. The summed E-state index contributed by atoms with van der Waals surface area (Å²) in [7, 11) is 0. The van der Waals surface area contributed by atoms with Crippen LogP contribution in [0.15, 0.2) is 59.2 Å². The maximum atomic E-state index is 10.7. The first-order valence-corrected chi connectivity index (χ1v) is 7.37. The Balaban J connectivity index is 2.06. The van der Waals surface area contributed by atoms with Crippen LogP contribution in [0.4, 0.5) is 0 Å². The average Bonchev–Trinajstić information content (AvgIpc) is 3.00. The second-order valence-electron chi connectivity index (χ2n) is 4.79. The van der Waals surface area contributed by atoms with Gasteiger partial charge in [-0.2, -0.15) is 0 Å². The second kappa shape index (κ2) is 5.79. The molecule has 0 aliphatic rings. The van der Waals surface area contributed by atoms with Gasteiger partial charge in [0.2, 0.25) is 0 Å². The van der Waals surface area contributed by atoms with Crippen LogP contribution in [0.25, 0.3) is 5.69 Å². The van der Waals surface area contributed by atoms with Gasteiger partial charge in [0.25, 0.3) is 0 Å². The molecule has 21 heavy (non-hydrogen) atoms. The van der Waals surface area contributed by atoms with E-state index in [1.807, 2.05) is 55.5 Å². The van der Waals surface area contributed by atoms with Gasteiger partial charge < -0.3 is 5.11 Å². The van der Waals surface area contributed by atoms with E-state index in [0.29, 0.717) is 5.69 Å². The Labute approximate surface area is 131 Å². The lowest BCUT2D eigenvalue weighted by Gasteiger charge is -2.15. The molecule has 0 saturated heterocycles. The Morgan fingerprint density at radius 2 is 1.86 bits per heavy atom. The van der Waals surface area contributed by atoms with Crippen LogP contribution in [0, 0.1) is 6.92 Å². The third-order valence-electron chi connectivity index (χ3n) is 3.37. The van der Waals surface area contributed by atoms with E-state index in [-0.39, 0.29) is 0 Å². The second-order valence-corrected chi connectivity index (χ2v) is 5.58. The van der Waals surface area contributed by atoms with Crippen molar-refractivity contribution in [1.82, 2.24) is 15.0 Å². The van der Waals surface area contributed by atoms with Gasteiger partial charge in [-0.15, -0.1) is 5.10 Å². The van der Waals surface area contributed by atoms with Crippen molar-refractivity contribution in [2.45, 2.75) is 13.0 Å². The SMILES string of the molecule is Cc1cccc(C(O)c2cnnn2-c2ccccc2)c1Br. The Hall–Kier alpha value is -1.98. The lowest BCUT2D eigenvalue weighted by atomic mass is 10.0. The highest BCUT2D eigenvalue weighted by Gasteiger charge is 2.20. The number of benzene rings is 2. The minimum absolute atomic E-state index is 0.632. The van der Waals surface area contributed by atoms with E-state index in [2.05, 4.69) is 26.2 Å². The van der Waals surface area contributed by atoms with Crippen LogP contribution in [-0.2, 0) is 0 Å². The predicted molar refractivity (Wildman–Crippen MR) is 84.3 cm³/mol. The maximum Gasteiger partial charge on any atom is 0.124 e. The number of hydrogen-bond donors (Lipinski definition) is 1. The van der Waals surface area contributed by atoms with E-state index in [0.717, 1.165) is 21.3 Å². The molecule has 1 unspecified atom stereocenters. The molecule has 0 aliphatic carbocycles. The first kappa shape index (κ1) is 14.0. The number of aryl methyl sites for hydroxylation is 1. The monoisotopic (exact) mass is 343 g/mol. The fourth-order valence-electron chi connectivity index (χ4n) is 2.24. The van der Waals surface area contributed by atoms with Gasteiger partial charge >= 0.3 is 0 Å². The van der Waals surface area contributed by atoms with Crippen LogP contribution >= 0.6 is 15.9 Å². The quantitative estimate of drug-likeness (QED) is 0.792. The number of aromatic nitrogens is 3. The Morgan fingerprint density at radius 1 is 1.10 bits per heavy atom. The zero-order valence-corrected chi connectivity index (χ0v) is 13.0. The molecule has 3 aromatic rings. The molecule has 1 atom stereocenters. The van der Waals surface area contributed by atoms with Crippen molar-refractivity contribution in [3.05, 3.63) is 76.0 Å². The summed E-state index contributed by atoms with van der Waals surface area (Å²) in [4.78, 5) is 0. The van der Waals surface area contributed by atoms with Crippen LogP contribution in [0.5, 0.6) is 0 Å². The number of halogens is 1. The number of rotatable bonds is 3. The van der Waals surface area contributed by atoms with Crippen molar-refractivity contribution in [2.24, 2.45) is 0 Å². The topological polar surface area (TPSA) is 50.9 Å². The molecular formula is C16H14BrN3O. The lowest BCUT2D eigenvalue weighted by Crippen LogP contribution is -2.09. The highest BCUT2D eigenvalue weighted by molar-refractivity contribution is 9.10. The summed E-state index contributed by atoms with van der Waals surface area (Å²) in [5.74, 6) is 0. The molecule has 0 bridgehead atoms. The molecule has 4 nitrogen and oxygen atoms in total. The van der Waals surface area contributed by atoms with Gasteiger partial charge in [0.05, 0.1) is 17.6 Å². The average molecular weight is 344 g/mol. The van der Waals surface area contributed by atoms with Gasteiger partial charge in [-0.25, -0.2) is 4.68 Å². The van der Waals surface area contributed by atoms with Gasteiger partial charge in [-0.3, -0.25) is 0 Å². The van der Waals surface area contributed by atoms with Crippen LogP contribution in [0.2, 0.25) is 0 Å². The number of aliphatic hydroxyl groups excluding tert-OH is 1. The molecule has 0 spiro atoms. The molecule has 106 valence electrons. The number of para-hydroxylation sites is 1. The van der Waals surface area contributed by atoms with Crippen LogP contribution < -0.4 is 0 Å². The van der Waals surface area contributed by atoms with E-state index < -0.39 is 6.10 Å². The van der Waals surface area contributed by atoms with Crippen molar-refractivity contribution in [2.75, 3.05) is 0 Å². The molecule has 5 heteroatoms. The van der Waals surface area contributed by atoms with E-state index >= 15 is 0 Å². The standard InChI is InChI=1S/C16H14BrN3O/c1-11-6-5-9-13(15(11)17)16(21)14-10-18-19-20(14)12-7-3-2-4-8-12/h2-10,16,21H,1H3. The smallest absolute Gasteiger partial charge is 0.124 e. The highest BCUT2D eigenvalue weighted by atomic mass is 79.9. The molecule has 0 radical (unpaired) electrons. The summed E-state index contributed by atoms with van der Waals surface area (Å²) >= 11 is 3.54. The van der Waals surface area contributed by atoms with Gasteiger partial charge in [-0.1, -0.05) is 57.5 Å². The third-order valence-corrected chi connectivity index (χ3v) is 4.46. The number of aliphatic hydroxyl groups is 1. The van der Waals surface area contributed by atoms with Crippen molar-refractivity contribution < 1.29 is 5.11 Å². The van der Waals surface area contributed by atoms with Crippen molar-refractivity contribution in [3.63, 3.8) is 0 Å². The summed E-state index contributed by atoms with van der Waals surface area (Å²) in [6, 6.07) is 15.5. The minimum Gasteiger partial charge on any atom is -0.382 e. The molecule has 1 heterocycles. The zero-order valence-electron chi connectivity index (χ0n) is 11.4. The molecule has 3 rings (SSSR count). The molecule has 0 fully saturated rings. The van der Waals surface area contributed by atoms with Gasteiger partial charge in [0.15, 0.2) is 0 Å². The van der Waals surface area contributed by atoms with Gasteiger partial charge in [0.1, 0.15) is 6.10 Å². The Bertz CT molecular complexity index is 755. The van der Waals surface area contributed by atoms with E-state index in [1.54, 1.807) is 10.9 Å². The van der Waals surface area contributed by atoms with Gasteiger partial charge in [0, 0.05) is 10.0 Å². The predicted octanol–water partition coefficient (Wildman–Crippen LogP) is 3.42. The maximum absolute atomic E-state index is 10.7. The Morgan fingerprint density at radius 3 is 2.62 bits per heavy atom. The van der Waals surface area contributed by atoms with Crippen molar-refractivity contribution in [1.29, 1.82) is 0 Å². The Kier molecular flexibility index (Phi) is 3.86. The first-order valence-electron chi connectivity index (χ1n) is 6.57. The fraction of sp³-hybridized carbons (Fsp3) is 0.125. The van der Waals surface area contributed by atoms with Crippen molar-refractivity contribution in [3.8, 4) is 5.69 Å². The highest BCUT2D eigenvalue weighted by Crippen LogP contribution is 2.31. The summed E-state index contributed by atoms with van der Waals surface area (Å²) in [5, 5.41) is 18.7. The van der Waals surface area contributed by atoms with Crippen molar-refractivity contribution >= 4 is 15.9 Å². The summed E-state index contributed by atoms with van der Waals surface area (Å²) < 4.78 is 2.55. The van der Waals surface area contributed by atoms with Crippen LogP contribution in [0.3, 0.4) is 0 Å². The zero-order chi connectivity index (χ0) is 14.8. The van der Waals surface area contributed by atoms with E-state index in [4.69, 9.17) is 0 Å². The fourth-order valence-corrected chi connectivity index (χ4v) is 2.72. The van der Waals surface area contributed by atoms with Crippen LogP contribution in [0.1, 0.15) is 22.9 Å². The molecule has 0 saturated carbocycles. The summed E-state index contributed by atoms with van der Waals surface area (Å²) in [6.07, 6.45) is 0.793. The first-order chi connectivity index (χ1) is 10.2. The largest absolute Gasteiger partial charge is 0.382 e. The van der Waals surface area contributed by atoms with E-state index in [1.165, 1.54) is 0 Å². The molecule has 1 N–H and O–H groups in total. The lowest BCUT2D eigenvalue weighted by molar-refractivity contribution is 0.211. The summed E-state index contributed by atoms with van der Waals surface area (Å²) in [5.41, 5.74) is 3.38. The normalized spacial score (nSPS) is 12.3.